The lowest BCUT2D eigenvalue weighted by atomic mass is 10.2. The van der Waals surface area contributed by atoms with Gasteiger partial charge in [0, 0.05) is 10.5 Å². The fraction of sp³-hybridized carbons (Fsp3) is 0.350. The van der Waals surface area contributed by atoms with Crippen molar-refractivity contribution in [2.75, 3.05) is 6.61 Å². The number of ether oxygens (including phenoxy) is 1. The van der Waals surface area contributed by atoms with Gasteiger partial charge in [0.05, 0.1) is 16.7 Å². The second kappa shape index (κ2) is 10.1. The summed E-state index contributed by atoms with van der Waals surface area (Å²) in [5.41, 5.74) is 1.63. The number of carbonyl (C=O) groups excluding carboxylic acids is 1. The van der Waals surface area contributed by atoms with Gasteiger partial charge in [-0.2, -0.15) is 0 Å². The van der Waals surface area contributed by atoms with Crippen LogP contribution in [0.25, 0.3) is 0 Å². The summed E-state index contributed by atoms with van der Waals surface area (Å²) in [5.74, 6) is 0.455. The predicted molar refractivity (Wildman–Crippen MR) is 107 cm³/mol. The van der Waals surface area contributed by atoms with Gasteiger partial charge in [0.25, 0.3) is 0 Å². The lowest BCUT2D eigenvalue weighted by Gasteiger charge is -2.11. The van der Waals surface area contributed by atoms with Crippen LogP contribution in [0.2, 0.25) is 10.0 Å². The van der Waals surface area contributed by atoms with E-state index in [1.54, 1.807) is 12.1 Å². The molecule has 0 aromatic heterocycles. The van der Waals surface area contributed by atoms with Crippen molar-refractivity contribution in [3.8, 4) is 5.75 Å². The molecule has 0 heterocycles. The zero-order valence-electron chi connectivity index (χ0n) is 14.5. The maximum absolute atomic E-state index is 12.5. The lowest BCUT2D eigenvalue weighted by Crippen LogP contribution is -2.00. The Hall–Kier alpha value is -1.16. The van der Waals surface area contributed by atoms with Crippen molar-refractivity contribution in [1.29, 1.82) is 0 Å². The number of unbranched alkanes of at least 4 members (excludes halogenated alkanes) is 3. The summed E-state index contributed by atoms with van der Waals surface area (Å²) < 4.78 is 5.70. The zero-order chi connectivity index (χ0) is 18.2. The average Bonchev–Trinajstić information content (AvgIpc) is 2.58. The minimum absolute atomic E-state index is 0.0952. The molecule has 134 valence electrons. The van der Waals surface area contributed by atoms with E-state index in [1.807, 2.05) is 31.2 Å². The first kappa shape index (κ1) is 20.2. The van der Waals surface area contributed by atoms with E-state index < -0.39 is 0 Å². The smallest absolute Gasteiger partial charge is 0.224 e. The fourth-order valence-electron chi connectivity index (χ4n) is 2.29. The molecular formula is C20H22Cl2O2S. The van der Waals surface area contributed by atoms with Crippen LogP contribution in [0, 0.1) is 6.92 Å². The standard InChI is InChI=1S/C20H22Cl2O2S/c1-3-4-5-6-11-24-19-17(21)12-15(13-18(19)22)20(23)25-16-9-7-14(2)8-10-16/h7-10,12-13H,3-6,11H2,1-2H3. The van der Waals surface area contributed by atoms with Gasteiger partial charge in [-0.25, -0.2) is 0 Å². The number of halogens is 2. The van der Waals surface area contributed by atoms with Gasteiger partial charge in [0.15, 0.2) is 5.75 Å². The maximum atomic E-state index is 12.5. The Morgan fingerprint density at radius 1 is 1.04 bits per heavy atom. The van der Waals surface area contributed by atoms with Crippen LogP contribution in [0.5, 0.6) is 5.75 Å². The first-order chi connectivity index (χ1) is 12.0. The van der Waals surface area contributed by atoms with Crippen molar-refractivity contribution in [1.82, 2.24) is 0 Å². The average molecular weight is 397 g/mol. The quantitative estimate of drug-likeness (QED) is 0.348. The van der Waals surface area contributed by atoms with Crippen molar-refractivity contribution < 1.29 is 9.53 Å². The Morgan fingerprint density at radius 3 is 2.28 bits per heavy atom. The molecular weight excluding hydrogens is 375 g/mol. The molecule has 0 amide bonds. The Balaban J connectivity index is 2.02. The van der Waals surface area contributed by atoms with Crippen LogP contribution >= 0.6 is 35.0 Å². The minimum atomic E-state index is -0.0952. The van der Waals surface area contributed by atoms with Crippen molar-refractivity contribution >= 4 is 40.1 Å². The molecule has 25 heavy (non-hydrogen) atoms. The normalized spacial score (nSPS) is 10.7. The number of hydrogen-bond donors (Lipinski definition) is 0. The molecule has 0 N–H and O–H groups in total. The topological polar surface area (TPSA) is 26.3 Å². The Morgan fingerprint density at radius 2 is 1.68 bits per heavy atom. The molecule has 0 fully saturated rings. The first-order valence-electron chi connectivity index (χ1n) is 8.42. The van der Waals surface area contributed by atoms with Crippen LogP contribution in [0.1, 0.15) is 48.5 Å². The van der Waals surface area contributed by atoms with E-state index in [9.17, 15) is 4.79 Å². The van der Waals surface area contributed by atoms with Gasteiger partial charge < -0.3 is 4.74 Å². The highest BCUT2D eigenvalue weighted by Gasteiger charge is 2.15. The molecule has 0 atom stereocenters. The molecule has 0 saturated carbocycles. The molecule has 0 unspecified atom stereocenters. The highest BCUT2D eigenvalue weighted by molar-refractivity contribution is 8.14. The highest BCUT2D eigenvalue weighted by atomic mass is 35.5. The monoisotopic (exact) mass is 396 g/mol. The van der Waals surface area contributed by atoms with E-state index in [-0.39, 0.29) is 5.12 Å². The SMILES string of the molecule is CCCCCCOc1c(Cl)cc(C(=O)Sc2ccc(C)cc2)cc1Cl. The summed E-state index contributed by atoms with van der Waals surface area (Å²) in [6, 6.07) is 11.1. The van der Waals surface area contributed by atoms with E-state index in [1.165, 1.54) is 12.8 Å². The molecule has 0 aliphatic carbocycles. The number of thioether (sulfide) groups is 1. The van der Waals surface area contributed by atoms with Gasteiger partial charge in [-0.15, -0.1) is 0 Å². The molecule has 0 bridgehead atoms. The molecule has 0 aliphatic heterocycles. The van der Waals surface area contributed by atoms with E-state index in [4.69, 9.17) is 27.9 Å². The largest absolute Gasteiger partial charge is 0.490 e. The second-order valence-electron chi connectivity index (χ2n) is 5.88. The third kappa shape index (κ3) is 6.25. The number of aryl methyl sites for hydroxylation is 1. The highest BCUT2D eigenvalue weighted by Crippen LogP contribution is 2.36. The molecule has 0 spiro atoms. The number of carbonyl (C=O) groups is 1. The van der Waals surface area contributed by atoms with Gasteiger partial charge in [-0.1, -0.05) is 67.1 Å². The molecule has 2 aromatic rings. The summed E-state index contributed by atoms with van der Waals surface area (Å²) in [5, 5.41) is 0.647. The molecule has 0 saturated heterocycles. The van der Waals surface area contributed by atoms with E-state index in [2.05, 4.69) is 6.92 Å². The minimum Gasteiger partial charge on any atom is -0.490 e. The number of rotatable bonds is 8. The molecule has 0 aliphatic rings. The molecule has 2 rings (SSSR count). The Labute approximate surface area is 163 Å². The molecule has 5 heteroatoms. The summed E-state index contributed by atoms with van der Waals surface area (Å²) >= 11 is 13.7. The predicted octanol–water partition coefficient (Wildman–Crippen LogP) is 7.19. The third-order valence-electron chi connectivity index (χ3n) is 3.71. The van der Waals surface area contributed by atoms with Crippen molar-refractivity contribution in [2.45, 2.75) is 44.4 Å². The van der Waals surface area contributed by atoms with Crippen LogP contribution in [0.4, 0.5) is 0 Å². The first-order valence-corrected chi connectivity index (χ1v) is 9.99. The van der Waals surface area contributed by atoms with Crippen molar-refractivity contribution in [3.05, 3.63) is 57.6 Å². The van der Waals surface area contributed by atoms with Crippen LogP contribution < -0.4 is 4.74 Å². The van der Waals surface area contributed by atoms with Gasteiger partial charge >= 0.3 is 0 Å². The van der Waals surface area contributed by atoms with Crippen molar-refractivity contribution in [3.63, 3.8) is 0 Å². The van der Waals surface area contributed by atoms with Crippen molar-refractivity contribution in [2.24, 2.45) is 0 Å². The van der Waals surface area contributed by atoms with Crippen LogP contribution in [0.15, 0.2) is 41.3 Å². The molecule has 0 radical (unpaired) electrons. The number of hydrogen-bond acceptors (Lipinski definition) is 3. The van der Waals surface area contributed by atoms with Crippen LogP contribution in [0.3, 0.4) is 0 Å². The fourth-order valence-corrected chi connectivity index (χ4v) is 3.61. The van der Waals surface area contributed by atoms with Crippen LogP contribution in [-0.4, -0.2) is 11.7 Å². The van der Waals surface area contributed by atoms with E-state index in [0.717, 1.165) is 35.1 Å². The summed E-state index contributed by atoms with van der Waals surface area (Å²) in [6.07, 6.45) is 4.45. The van der Waals surface area contributed by atoms with Crippen LogP contribution in [-0.2, 0) is 0 Å². The van der Waals surface area contributed by atoms with Gasteiger partial charge in [-0.05, 0) is 49.4 Å². The summed E-state index contributed by atoms with van der Waals surface area (Å²) in [6.45, 7) is 4.75. The summed E-state index contributed by atoms with van der Waals surface area (Å²) in [7, 11) is 0. The van der Waals surface area contributed by atoms with Gasteiger partial charge in [-0.3, -0.25) is 4.79 Å². The second-order valence-corrected chi connectivity index (χ2v) is 7.74. The lowest BCUT2D eigenvalue weighted by molar-refractivity contribution is 0.108. The van der Waals surface area contributed by atoms with E-state index >= 15 is 0 Å². The Bertz CT molecular complexity index is 691. The Kier molecular flexibility index (Phi) is 8.14. The maximum Gasteiger partial charge on any atom is 0.224 e. The molecule has 2 nitrogen and oxygen atoms in total. The molecule has 2 aromatic carbocycles. The number of benzene rings is 2. The van der Waals surface area contributed by atoms with E-state index in [0.29, 0.717) is 28.0 Å². The van der Waals surface area contributed by atoms with Gasteiger partial charge in [0.2, 0.25) is 5.12 Å². The summed E-state index contributed by atoms with van der Waals surface area (Å²) in [4.78, 5) is 13.3. The third-order valence-corrected chi connectivity index (χ3v) is 5.20. The zero-order valence-corrected chi connectivity index (χ0v) is 16.8. The van der Waals surface area contributed by atoms with Gasteiger partial charge in [0.1, 0.15) is 0 Å².